The van der Waals surface area contributed by atoms with E-state index < -0.39 is 0 Å². The van der Waals surface area contributed by atoms with Gasteiger partial charge in [-0.1, -0.05) is 34.6 Å². The lowest BCUT2D eigenvalue weighted by Gasteiger charge is -2.45. The molecule has 0 aromatic carbocycles. The van der Waals surface area contributed by atoms with Crippen LogP contribution in [-0.4, -0.2) is 19.3 Å². The van der Waals surface area contributed by atoms with Crippen molar-refractivity contribution in [3.63, 3.8) is 0 Å². The number of nitrogens with two attached hydrogens (primary N) is 1. The third-order valence-electron chi connectivity index (χ3n) is 4.24. The Balaban J connectivity index is 2.70. The highest BCUT2D eigenvalue weighted by Gasteiger charge is 2.42. The maximum atomic E-state index is 6.36. The zero-order valence-electron chi connectivity index (χ0n) is 10.3. The van der Waals surface area contributed by atoms with Crippen molar-refractivity contribution in [3.05, 3.63) is 0 Å². The van der Waals surface area contributed by atoms with Crippen LogP contribution >= 0.6 is 0 Å². The number of rotatable bonds is 2. The molecule has 2 heteroatoms. The van der Waals surface area contributed by atoms with Gasteiger partial charge in [-0.05, 0) is 17.3 Å². The molecule has 0 bridgehead atoms. The van der Waals surface area contributed by atoms with Crippen LogP contribution in [0.3, 0.4) is 0 Å². The fraction of sp³-hybridized carbons (Fsp3) is 1.00. The van der Waals surface area contributed by atoms with Crippen LogP contribution in [0.15, 0.2) is 0 Å². The highest BCUT2D eigenvalue weighted by atomic mass is 16.5. The summed E-state index contributed by atoms with van der Waals surface area (Å²) in [5.74, 6) is 0.546. The summed E-state index contributed by atoms with van der Waals surface area (Å²) in [5.41, 5.74) is 6.77. The molecule has 1 aliphatic heterocycles. The van der Waals surface area contributed by atoms with E-state index in [1.54, 1.807) is 0 Å². The predicted molar refractivity (Wildman–Crippen MR) is 60.1 cm³/mol. The highest BCUT2D eigenvalue weighted by molar-refractivity contribution is 4.95. The van der Waals surface area contributed by atoms with E-state index in [4.69, 9.17) is 10.5 Å². The lowest BCUT2D eigenvalue weighted by atomic mass is 9.62. The van der Waals surface area contributed by atoms with E-state index in [0.717, 1.165) is 19.6 Å². The lowest BCUT2D eigenvalue weighted by Crippen LogP contribution is -2.50. The fourth-order valence-corrected chi connectivity index (χ4v) is 1.93. The minimum Gasteiger partial charge on any atom is -0.381 e. The molecule has 0 amide bonds. The van der Waals surface area contributed by atoms with Crippen LogP contribution in [0, 0.1) is 16.7 Å². The summed E-state index contributed by atoms with van der Waals surface area (Å²) >= 11 is 0. The predicted octanol–water partition coefficient (Wildman–Crippen LogP) is 2.42. The molecule has 0 spiro atoms. The molecule has 2 unspecified atom stereocenters. The molecule has 1 saturated heterocycles. The summed E-state index contributed by atoms with van der Waals surface area (Å²) in [6, 6.07) is 0.241. The molecule has 0 saturated carbocycles. The first-order valence-electron chi connectivity index (χ1n) is 5.60. The van der Waals surface area contributed by atoms with Gasteiger partial charge in [-0.25, -0.2) is 0 Å². The summed E-state index contributed by atoms with van der Waals surface area (Å²) in [5, 5.41) is 0. The Hall–Kier alpha value is -0.0800. The molecule has 2 N–H and O–H groups in total. The smallest absolute Gasteiger partial charge is 0.0510 e. The second kappa shape index (κ2) is 3.82. The van der Waals surface area contributed by atoms with Crippen LogP contribution in [0.4, 0.5) is 0 Å². The van der Waals surface area contributed by atoms with Crippen molar-refractivity contribution < 1.29 is 4.74 Å². The Morgan fingerprint density at radius 2 is 1.79 bits per heavy atom. The molecule has 1 fully saturated rings. The molecule has 1 heterocycles. The Labute approximate surface area is 88.2 Å². The molecule has 1 rings (SSSR count). The number of hydrogen-bond acceptors (Lipinski definition) is 2. The van der Waals surface area contributed by atoms with E-state index in [9.17, 15) is 0 Å². The third-order valence-corrected chi connectivity index (χ3v) is 4.24. The van der Waals surface area contributed by atoms with Gasteiger partial charge in [0.1, 0.15) is 0 Å². The van der Waals surface area contributed by atoms with Crippen molar-refractivity contribution in [1.82, 2.24) is 0 Å². The molecule has 14 heavy (non-hydrogen) atoms. The van der Waals surface area contributed by atoms with Crippen molar-refractivity contribution in [2.75, 3.05) is 13.2 Å². The van der Waals surface area contributed by atoms with Gasteiger partial charge in [0.05, 0.1) is 6.61 Å². The van der Waals surface area contributed by atoms with E-state index in [-0.39, 0.29) is 16.9 Å². The van der Waals surface area contributed by atoms with Crippen LogP contribution < -0.4 is 5.73 Å². The van der Waals surface area contributed by atoms with Gasteiger partial charge in [-0.3, -0.25) is 0 Å². The molecular weight excluding hydrogens is 174 g/mol. The quantitative estimate of drug-likeness (QED) is 0.741. The lowest BCUT2D eigenvalue weighted by molar-refractivity contribution is 0.0622. The van der Waals surface area contributed by atoms with Crippen molar-refractivity contribution >= 4 is 0 Å². The fourth-order valence-electron chi connectivity index (χ4n) is 1.93. The van der Waals surface area contributed by atoms with Gasteiger partial charge in [0.15, 0.2) is 0 Å². The van der Waals surface area contributed by atoms with Crippen molar-refractivity contribution in [2.24, 2.45) is 22.5 Å². The minimum atomic E-state index is 0.158. The van der Waals surface area contributed by atoms with E-state index in [1.807, 2.05) is 0 Å². The molecule has 2 nitrogen and oxygen atoms in total. The summed E-state index contributed by atoms with van der Waals surface area (Å²) in [6.07, 6.45) is 1.13. The average molecular weight is 199 g/mol. The van der Waals surface area contributed by atoms with Crippen LogP contribution in [0.2, 0.25) is 0 Å². The first kappa shape index (κ1) is 12.0. The normalized spacial score (nSPS) is 26.6. The number of ether oxygens (including phenoxy) is 1. The second-order valence-corrected chi connectivity index (χ2v) is 6.12. The molecule has 84 valence electrons. The summed E-state index contributed by atoms with van der Waals surface area (Å²) in [6.45, 7) is 13.1. The van der Waals surface area contributed by atoms with Gasteiger partial charge < -0.3 is 10.5 Å². The van der Waals surface area contributed by atoms with E-state index in [0.29, 0.717) is 5.92 Å². The van der Waals surface area contributed by atoms with Crippen LogP contribution in [0.1, 0.15) is 41.0 Å². The Kier molecular flexibility index (Phi) is 3.27. The second-order valence-electron chi connectivity index (χ2n) is 6.12. The van der Waals surface area contributed by atoms with Crippen LogP contribution in [0.25, 0.3) is 0 Å². The summed E-state index contributed by atoms with van der Waals surface area (Å²) in [7, 11) is 0. The molecule has 1 aliphatic rings. The first-order chi connectivity index (χ1) is 6.27. The summed E-state index contributed by atoms with van der Waals surface area (Å²) in [4.78, 5) is 0. The first-order valence-corrected chi connectivity index (χ1v) is 5.60. The zero-order chi connectivity index (χ0) is 11.0. The monoisotopic (exact) mass is 199 g/mol. The van der Waals surface area contributed by atoms with E-state index >= 15 is 0 Å². The molecule has 0 aromatic heterocycles. The molecule has 0 aromatic rings. The number of hydrogen-bond donors (Lipinski definition) is 1. The maximum absolute atomic E-state index is 6.36. The van der Waals surface area contributed by atoms with Gasteiger partial charge in [0.25, 0.3) is 0 Å². The van der Waals surface area contributed by atoms with Gasteiger partial charge in [-0.2, -0.15) is 0 Å². The highest BCUT2D eigenvalue weighted by Crippen LogP contribution is 2.43. The van der Waals surface area contributed by atoms with Gasteiger partial charge in [-0.15, -0.1) is 0 Å². The topological polar surface area (TPSA) is 35.2 Å². The maximum Gasteiger partial charge on any atom is 0.0510 e. The van der Waals surface area contributed by atoms with Crippen molar-refractivity contribution in [2.45, 2.75) is 47.1 Å². The van der Waals surface area contributed by atoms with Gasteiger partial charge >= 0.3 is 0 Å². The van der Waals surface area contributed by atoms with Crippen LogP contribution in [0.5, 0.6) is 0 Å². The Morgan fingerprint density at radius 3 is 2.14 bits per heavy atom. The van der Waals surface area contributed by atoms with Gasteiger partial charge in [0.2, 0.25) is 0 Å². The molecular formula is C12H25NO. The largest absolute Gasteiger partial charge is 0.381 e. The molecule has 0 radical (unpaired) electrons. The Morgan fingerprint density at radius 1 is 1.21 bits per heavy atom. The standard InChI is InChI=1S/C12H25NO/c1-11(2,3)12(4,5)10(13)9-6-7-14-8-9/h9-10H,6-8,13H2,1-5H3. The SMILES string of the molecule is CC(C)(C)C(C)(C)C(N)C1CCOC1. The summed E-state index contributed by atoms with van der Waals surface area (Å²) < 4.78 is 5.41. The minimum absolute atomic E-state index is 0.158. The Bertz CT molecular complexity index is 187. The van der Waals surface area contributed by atoms with Crippen molar-refractivity contribution in [3.8, 4) is 0 Å². The zero-order valence-corrected chi connectivity index (χ0v) is 10.3. The van der Waals surface area contributed by atoms with Gasteiger partial charge in [0, 0.05) is 18.6 Å². The van der Waals surface area contributed by atoms with Crippen LogP contribution in [-0.2, 0) is 4.74 Å². The van der Waals surface area contributed by atoms with E-state index in [1.165, 1.54) is 0 Å². The molecule has 2 atom stereocenters. The van der Waals surface area contributed by atoms with E-state index in [2.05, 4.69) is 34.6 Å². The average Bonchev–Trinajstić information content (AvgIpc) is 2.52. The third kappa shape index (κ3) is 2.12. The van der Waals surface area contributed by atoms with Crippen molar-refractivity contribution in [1.29, 1.82) is 0 Å². The molecule has 0 aliphatic carbocycles.